The Morgan fingerprint density at radius 3 is 2.89 bits per heavy atom. The van der Waals surface area contributed by atoms with Crippen LogP contribution in [0.5, 0.6) is 0 Å². The van der Waals surface area contributed by atoms with Gasteiger partial charge in [-0.2, -0.15) is 0 Å². The van der Waals surface area contributed by atoms with E-state index in [0.29, 0.717) is 5.69 Å². The molecule has 1 aromatic heterocycles. The third-order valence-corrected chi connectivity index (χ3v) is 2.75. The summed E-state index contributed by atoms with van der Waals surface area (Å²) in [6.07, 6.45) is 3.47. The van der Waals surface area contributed by atoms with Crippen molar-refractivity contribution in [3.63, 3.8) is 0 Å². The Morgan fingerprint density at radius 1 is 1.37 bits per heavy atom. The van der Waals surface area contributed by atoms with Crippen molar-refractivity contribution < 1.29 is 4.79 Å². The molecule has 0 saturated heterocycles. The quantitative estimate of drug-likeness (QED) is 0.730. The molecule has 0 bridgehead atoms. The van der Waals surface area contributed by atoms with Gasteiger partial charge in [0, 0.05) is 29.2 Å². The van der Waals surface area contributed by atoms with Gasteiger partial charge in [0.05, 0.1) is 17.9 Å². The van der Waals surface area contributed by atoms with Crippen LogP contribution in [0, 0.1) is 0 Å². The number of amides is 1. The lowest BCUT2D eigenvalue weighted by atomic mass is 10.1. The van der Waals surface area contributed by atoms with E-state index >= 15 is 0 Å². The summed E-state index contributed by atoms with van der Waals surface area (Å²) in [6, 6.07) is 5.79. The van der Waals surface area contributed by atoms with E-state index in [1.807, 2.05) is 32.0 Å². The summed E-state index contributed by atoms with van der Waals surface area (Å²) >= 11 is 0. The molecule has 0 spiro atoms. The fraction of sp³-hybridized carbons (Fsp3) is 0.286. The Hall–Kier alpha value is -2.30. The van der Waals surface area contributed by atoms with Gasteiger partial charge in [0.1, 0.15) is 0 Å². The average molecular weight is 258 g/mol. The molecular weight excluding hydrogens is 240 g/mol. The van der Waals surface area contributed by atoms with Crippen LogP contribution >= 0.6 is 0 Å². The molecule has 1 amide bonds. The van der Waals surface area contributed by atoms with Crippen LogP contribution in [0.1, 0.15) is 13.8 Å². The Kier molecular flexibility index (Phi) is 3.85. The number of carbonyl (C=O) groups is 1. The van der Waals surface area contributed by atoms with Gasteiger partial charge in [-0.1, -0.05) is 6.07 Å². The first kappa shape index (κ1) is 13.1. The molecule has 5 nitrogen and oxygen atoms in total. The van der Waals surface area contributed by atoms with Crippen molar-refractivity contribution in [1.29, 1.82) is 0 Å². The zero-order valence-electron chi connectivity index (χ0n) is 11.1. The first-order valence-corrected chi connectivity index (χ1v) is 6.23. The van der Waals surface area contributed by atoms with Gasteiger partial charge in [-0.25, -0.2) is 0 Å². The van der Waals surface area contributed by atoms with Crippen LogP contribution < -0.4 is 16.4 Å². The maximum absolute atomic E-state index is 11.6. The molecular formula is C14H18N4O. The molecule has 0 saturated carbocycles. The van der Waals surface area contributed by atoms with E-state index in [-0.39, 0.29) is 18.5 Å². The molecule has 19 heavy (non-hydrogen) atoms. The highest BCUT2D eigenvalue weighted by Gasteiger charge is 2.07. The second-order valence-corrected chi connectivity index (χ2v) is 4.70. The minimum atomic E-state index is -0.0516. The number of hydrogen-bond acceptors (Lipinski definition) is 4. The van der Waals surface area contributed by atoms with E-state index in [2.05, 4.69) is 15.6 Å². The minimum Gasteiger partial charge on any atom is -0.397 e. The van der Waals surface area contributed by atoms with Gasteiger partial charge in [-0.15, -0.1) is 0 Å². The first-order chi connectivity index (χ1) is 9.08. The molecule has 0 radical (unpaired) electrons. The molecule has 2 aromatic rings. The van der Waals surface area contributed by atoms with Crippen molar-refractivity contribution in [2.45, 2.75) is 19.9 Å². The fourth-order valence-electron chi connectivity index (χ4n) is 1.90. The van der Waals surface area contributed by atoms with Gasteiger partial charge in [0.25, 0.3) is 0 Å². The summed E-state index contributed by atoms with van der Waals surface area (Å²) in [4.78, 5) is 15.6. The van der Waals surface area contributed by atoms with Crippen LogP contribution in [0.4, 0.5) is 11.4 Å². The molecule has 2 rings (SSSR count). The predicted molar refractivity (Wildman–Crippen MR) is 77.9 cm³/mol. The van der Waals surface area contributed by atoms with Crippen molar-refractivity contribution in [2.75, 3.05) is 17.6 Å². The molecule has 0 fully saturated rings. The number of aromatic nitrogens is 1. The van der Waals surface area contributed by atoms with Gasteiger partial charge >= 0.3 is 0 Å². The van der Waals surface area contributed by atoms with E-state index in [1.165, 1.54) is 0 Å². The number of rotatable bonds is 4. The highest BCUT2D eigenvalue weighted by atomic mass is 16.1. The van der Waals surface area contributed by atoms with Crippen LogP contribution in [0.25, 0.3) is 10.8 Å². The summed E-state index contributed by atoms with van der Waals surface area (Å²) in [5, 5.41) is 7.79. The second-order valence-electron chi connectivity index (χ2n) is 4.70. The standard InChI is InChI=1S/C14H18N4O/c1-9(2)18-13(19)8-17-12-4-3-10-7-16-6-5-11(10)14(12)15/h3-7,9,17H,8,15H2,1-2H3,(H,18,19). The SMILES string of the molecule is CC(C)NC(=O)CNc1ccc2cnccc2c1N. The second kappa shape index (κ2) is 5.56. The van der Waals surface area contributed by atoms with Crippen molar-refractivity contribution in [3.05, 3.63) is 30.6 Å². The number of anilines is 2. The maximum atomic E-state index is 11.6. The Bertz CT molecular complexity index is 595. The Balaban J connectivity index is 2.13. The molecule has 1 heterocycles. The Labute approximate surface area is 112 Å². The summed E-state index contributed by atoms with van der Waals surface area (Å²) < 4.78 is 0. The van der Waals surface area contributed by atoms with Gasteiger partial charge in [0.2, 0.25) is 5.91 Å². The van der Waals surface area contributed by atoms with E-state index in [1.54, 1.807) is 12.4 Å². The van der Waals surface area contributed by atoms with E-state index < -0.39 is 0 Å². The smallest absolute Gasteiger partial charge is 0.239 e. The lowest BCUT2D eigenvalue weighted by Crippen LogP contribution is -2.34. The highest BCUT2D eigenvalue weighted by Crippen LogP contribution is 2.27. The van der Waals surface area contributed by atoms with E-state index in [4.69, 9.17) is 5.73 Å². The molecule has 0 aliphatic heterocycles. The van der Waals surface area contributed by atoms with Gasteiger partial charge in [0.15, 0.2) is 0 Å². The van der Waals surface area contributed by atoms with Crippen LogP contribution in [0.3, 0.4) is 0 Å². The van der Waals surface area contributed by atoms with Gasteiger partial charge < -0.3 is 16.4 Å². The largest absolute Gasteiger partial charge is 0.397 e. The van der Waals surface area contributed by atoms with Crippen molar-refractivity contribution in [1.82, 2.24) is 10.3 Å². The normalized spacial score (nSPS) is 10.7. The number of nitrogens with zero attached hydrogens (tertiary/aromatic N) is 1. The van der Waals surface area contributed by atoms with Gasteiger partial charge in [-0.3, -0.25) is 9.78 Å². The summed E-state index contributed by atoms with van der Waals surface area (Å²) in [6.45, 7) is 4.06. The number of nitrogen functional groups attached to an aromatic ring is 1. The third-order valence-electron chi connectivity index (χ3n) is 2.75. The lowest BCUT2D eigenvalue weighted by molar-refractivity contribution is -0.119. The maximum Gasteiger partial charge on any atom is 0.239 e. The molecule has 0 aliphatic carbocycles. The zero-order chi connectivity index (χ0) is 13.8. The summed E-state index contributed by atoms with van der Waals surface area (Å²) in [5.74, 6) is -0.0516. The minimum absolute atomic E-state index is 0.0516. The first-order valence-electron chi connectivity index (χ1n) is 6.23. The van der Waals surface area contributed by atoms with Crippen LogP contribution in [0.15, 0.2) is 30.6 Å². The fourth-order valence-corrected chi connectivity index (χ4v) is 1.90. The van der Waals surface area contributed by atoms with Crippen LogP contribution in [0.2, 0.25) is 0 Å². The topological polar surface area (TPSA) is 80.0 Å². The number of nitrogens with one attached hydrogen (secondary N) is 2. The molecule has 5 heteroatoms. The van der Waals surface area contributed by atoms with E-state index in [9.17, 15) is 4.79 Å². The number of pyridine rings is 1. The molecule has 0 aliphatic rings. The number of nitrogens with two attached hydrogens (primary N) is 1. The number of fused-ring (bicyclic) bond motifs is 1. The third kappa shape index (κ3) is 3.13. The highest BCUT2D eigenvalue weighted by molar-refractivity contribution is 5.99. The number of hydrogen-bond donors (Lipinski definition) is 3. The van der Waals surface area contributed by atoms with Crippen molar-refractivity contribution >= 4 is 28.1 Å². The molecule has 100 valence electrons. The molecule has 4 N–H and O–H groups in total. The molecule has 0 unspecified atom stereocenters. The average Bonchev–Trinajstić information content (AvgIpc) is 2.37. The number of carbonyl (C=O) groups excluding carboxylic acids is 1. The zero-order valence-corrected chi connectivity index (χ0v) is 11.1. The summed E-state index contributed by atoms with van der Waals surface area (Å²) in [5.41, 5.74) is 7.48. The van der Waals surface area contributed by atoms with Crippen molar-refractivity contribution in [2.24, 2.45) is 0 Å². The molecule has 0 atom stereocenters. The summed E-state index contributed by atoms with van der Waals surface area (Å²) in [7, 11) is 0. The number of benzene rings is 1. The predicted octanol–water partition coefficient (Wildman–Crippen LogP) is 1.75. The van der Waals surface area contributed by atoms with Crippen LogP contribution in [-0.4, -0.2) is 23.5 Å². The monoisotopic (exact) mass is 258 g/mol. The van der Waals surface area contributed by atoms with Crippen molar-refractivity contribution in [3.8, 4) is 0 Å². The lowest BCUT2D eigenvalue weighted by Gasteiger charge is -2.12. The van der Waals surface area contributed by atoms with E-state index in [0.717, 1.165) is 16.5 Å². The Morgan fingerprint density at radius 2 is 2.16 bits per heavy atom. The van der Waals surface area contributed by atoms with Crippen LogP contribution in [-0.2, 0) is 4.79 Å². The molecule has 1 aromatic carbocycles. The van der Waals surface area contributed by atoms with Gasteiger partial charge in [-0.05, 0) is 26.0 Å².